The highest BCUT2D eigenvalue weighted by atomic mass is 15.0. The molecule has 9 aromatic rings. The zero-order valence-corrected chi connectivity index (χ0v) is 27.2. The van der Waals surface area contributed by atoms with Crippen LogP contribution in [0.2, 0.25) is 0 Å². The van der Waals surface area contributed by atoms with E-state index < -0.39 is 0 Å². The van der Waals surface area contributed by atoms with Gasteiger partial charge in [0.25, 0.3) is 0 Å². The standard InChI is InChI=1S/C45H31N5/c1-4-14-30(15-5-1)42-41(29-47-45(48-42)31-16-6-2-7-17-31)50-38-23-11-10-20-35(38)36-22-12-21-34(44(36)50)32-25-26-37-40(28-32)49(33-18-8-3-9-19-33)39-24-13-27-46-43(37)39/h1-6,8-16,18-29H,7,17H2. The molecule has 50 heavy (non-hydrogen) atoms. The predicted molar refractivity (Wildman–Crippen MR) is 206 cm³/mol. The maximum Gasteiger partial charge on any atom is 0.155 e. The average molecular weight is 642 g/mol. The third kappa shape index (κ3) is 4.44. The van der Waals surface area contributed by atoms with Crippen molar-refractivity contribution in [1.29, 1.82) is 0 Å². The summed E-state index contributed by atoms with van der Waals surface area (Å²) in [6, 6.07) is 47.3. The van der Waals surface area contributed by atoms with Crippen LogP contribution in [0.25, 0.3) is 83.1 Å². The maximum absolute atomic E-state index is 5.30. The summed E-state index contributed by atoms with van der Waals surface area (Å²) in [6.45, 7) is 0. The van der Waals surface area contributed by atoms with Gasteiger partial charge in [0.15, 0.2) is 5.82 Å². The minimum atomic E-state index is 0.783. The van der Waals surface area contributed by atoms with Crippen molar-refractivity contribution < 1.29 is 0 Å². The van der Waals surface area contributed by atoms with E-state index in [0.717, 1.165) is 91.0 Å². The zero-order valence-electron chi connectivity index (χ0n) is 27.2. The van der Waals surface area contributed by atoms with Crippen LogP contribution in [0.5, 0.6) is 0 Å². The Hall–Kier alpha value is -6.59. The first-order valence-corrected chi connectivity index (χ1v) is 17.1. The fourth-order valence-electron chi connectivity index (χ4n) is 7.65. The number of allylic oxidation sites excluding steroid dienone is 4. The van der Waals surface area contributed by atoms with Gasteiger partial charge < -0.3 is 9.13 Å². The van der Waals surface area contributed by atoms with Crippen LogP contribution in [0.15, 0.2) is 164 Å². The second-order valence-corrected chi connectivity index (χ2v) is 12.8. The van der Waals surface area contributed by atoms with E-state index >= 15 is 0 Å². The first-order valence-electron chi connectivity index (χ1n) is 17.1. The Labute approximate surface area is 289 Å². The van der Waals surface area contributed by atoms with Crippen LogP contribution < -0.4 is 0 Å². The molecule has 1 aliphatic rings. The van der Waals surface area contributed by atoms with E-state index in [4.69, 9.17) is 15.0 Å². The van der Waals surface area contributed by atoms with E-state index in [1.807, 2.05) is 18.5 Å². The fourth-order valence-corrected chi connectivity index (χ4v) is 7.65. The summed E-state index contributed by atoms with van der Waals surface area (Å²) >= 11 is 0. The molecule has 5 aromatic carbocycles. The molecule has 0 spiro atoms. The van der Waals surface area contributed by atoms with Gasteiger partial charge in [0.2, 0.25) is 0 Å². The molecule has 0 unspecified atom stereocenters. The van der Waals surface area contributed by atoms with Crippen molar-refractivity contribution in [1.82, 2.24) is 24.1 Å². The summed E-state index contributed by atoms with van der Waals surface area (Å²) in [5, 5.41) is 3.51. The highest BCUT2D eigenvalue weighted by Gasteiger charge is 2.22. The highest BCUT2D eigenvalue weighted by molar-refractivity contribution is 6.15. The Morgan fingerprint density at radius 3 is 2.24 bits per heavy atom. The predicted octanol–water partition coefficient (Wildman–Crippen LogP) is 11.1. The smallest absolute Gasteiger partial charge is 0.155 e. The minimum absolute atomic E-state index is 0.783. The molecule has 10 rings (SSSR count). The van der Waals surface area contributed by atoms with Gasteiger partial charge >= 0.3 is 0 Å². The lowest BCUT2D eigenvalue weighted by molar-refractivity contribution is 0.992. The van der Waals surface area contributed by atoms with Gasteiger partial charge in [-0.3, -0.25) is 4.98 Å². The van der Waals surface area contributed by atoms with E-state index in [1.165, 1.54) is 10.8 Å². The number of para-hydroxylation sites is 3. The molecular formula is C45H31N5. The topological polar surface area (TPSA) is 48.5 Å². The Balaban J connectivity index is 1.28. The molecule has 236 valence electrons. The van der Waals surface area contributed by atoms with Crippen LogP contribution >= 0.6 is 0 Å². The number of hydrogen-bond donors (Lipinski definition) is 0. The van der Waals surface area contributed by atoms with E-state index in [-0.39, 0.29) is 0 Å². The number of aromatic nitrogens is 5. The van der Waals surface area contributed by atoms with Gasteiger partial charge in [0, 0.05) is 39.2 Å². The van der Waals surface area contributed by atoms with Crippen molar-refractivity contribution in [2.75, 3.05) is 0 Å². The molecule has 4 aromatic heterocycles. The lowest BCUT2D eigenvalue weighted by Crippen LogP contribution is -2.05. The van der Waals surface area contributed by atoms with E-state index in [1.54, 1.807) is 0 Å². The molecule has 5 nitrogen and oxygen atoms in total. The van der Waals surface area contributed by atoms with Crippen molar-refractivity contribution in [3.8, 4) is 33.8 Å². The second-order valence-electron chi connectivity index (χ2n) is 12.8. The minimum Gasteiger partial charge on any atom is -0.308 e. The van der Waals surface area contributed by atoms with Crippen molar-refractivity contribution in [3.63, 3.8) is 0 Å². The van der Waals surface area contributed by atoms with Gasteiger partial charge in [-0.05, 0) is 66.4 Å². The van der Waals surface area contributed by atoms with Gasteiger partial charge in [-0.2, -0.15) is 0 Å². The molecule has 1 aliphatic carbocycles. The monoisotopic (exact) mass is 641 g/mol. The third-order valence-electron chi connectivity index (χ3n) is 9.90. The molecule has 0 amide bonds. The Kier molecular flexibility index (Phi) is 6.56. The van der Waals surface area contributed by atoms with Crippen LogP contribution in [0.3, 0.4) is 0 Å². The molecule has 0 atom stereocenters. The summed E-state index contributed by atoms with van der Waals surface area (Å²) in [6.07, 6.45) is 12.3. The van der Waals surface area contributed by atoms with Crippen LogP contribution in [0, 0.1) is 0 Å². The number of fused-ring (bicyclic) bond motifs is 6. The van der Waals surface area contributed by atoms with Crippen molar-refractivity contribution in [3.05, 3.63) is 170 Å². The molecule has 0 fully saturated rings. The third-order valence-corrected chi connectivity index (χ3v) is 9.90. The average Bonchev–Trinajstić information content (AvgIpc) is 3.71. The number of pyridine rings is 1. The maximum atomic E-state index is 5.30. The van der Waals surface area contributed by atoms with Crippen LogP contribution in [-0.4, -0.2) is 24.1 Å². The first kappa shape index (κ1) is 28.4. The summed E-state index contributed by atoms with van der Waals surface area (Å²) in [5.41, 5.74) is 12.9. The fraction of sp³-hybridized carbons (Fsp3) is 0.0444. The van der Waals surface area contributed by atoms with Gasteiger partial charge in [-0.1, -0.05) is 109 Å². The molecule has 0 saturated heterocycles. The number of hydrogen-bond acceptors (Lipinski definition) is 3. The van der Waals surface area contributed by atoms with E-state index in [0.29, 0.717) is 0 Å². The Bertz CT molecular complexity index is 2800. The SMILES string of the molecule is C1=CCCC(c2ncc(-n3c4ccccc4c4cccc(-c5ccc6c7ncccc7n(-c7ccccc7)c6c5)c43)c(-c3ccccc3)n2)=C1. The van der Waals surface area contributed by atoms with Crippen LogP contribution in [0.1, 0.15) is 18.7 Å². The molecule has 0 saturated carbocycles. The zero-order chi connectivity index (χ0) is 33.0. The number of rotatable bonds is 5. The number of benzene rings is 5. The number of nitrogens with zero attached hydrogens (tertiary/aromatic N) is 5. The second kappa shape index (κ2) is 11.5. The van der Waals surface area contributed by atoms with Crippen molar-refractivity contribution in [2.45, 2.75) is 12.8 Å². The molecule has 0 N–H and O–H groups in total. The molecule has 0 bridgehead atoms. The van der Waals surface area contributed by atoms with Gasteiger partial charge in [-0.25, -0.2) is 9.97 Å². The van der Waals surface area contributed by atoms with E-state index in [9.17, 15) is 0 Å². The lowest BCUT2D eigenvalue weighted by Gasteiger charge is -2.17. The summed E-state index contributed by atoms with van der Waals surface area (Å²) in [5.74, 6) is 0.783. The molecule has 0 radical (unpaired) electrons. The van der Waals surface area contributed by atoms with E-state index in [2.05, 4.69) is 155 Å². The van der Waals surface area contributed by atoms with Gasteiger partial charge in [0.05, 0.1) is 45.2 Å². The largest absolute Gasteiger partial charge is 0.308 e. The van der Waals surface area contributed by atoms with Gasteiger partial charge in [0.1, 0.15) is 0 Å². The van der Waals surface area contributed by atoms with Gasteiger partial charge in [-0.15, -0.1) is 0 Å². The summed E-state index contributed by atoms with van der Waals surface area (Å²) in [4.78, 5) is 15.2. The van der Waals surface area contributed by atoms with Crippen molar-refractivity contribution >= 4 is 49.3 Å². The molecule has 4 heterocycles. The molecular weight excluding hydrogens is 611 g/mol. The normalized spacial score (nSPS) is 13.1. The molecule has 0 aliphatic heterocycles. The van der Waals surface area contributed by atoms with Crippen LogP contribution in [-0.2, 0) is 0 Å². The lowest BCUT2D eigenvalue weighted by atomic mass is 10.0. The van der Waals surface area contributed by atoms with Crippen molar-refractivity contribution in [2.24, 2.45) is 0 Å². The molecule has 5 heteroatoms. The first-order chi connectivity index (χ1) is 24.8. The highest BCUT2D eigenvalue weighted by Crippen LogP contribution is 2.42. The Morgan fingerprint density at radius 2 is 1.38 bits per heavy atom. The Morgan fingerprint density at radius 1 is 0.580 bits per heavy atom. The quantitative estimate of drug-likeness (QED) is 0.188. The summed E-state index contributed by atoms with van der Waals surface area (Å²) < 4.78 is 4.70. The summed E-state index contributed by atoms with van der Waals surface area (Å²) in [7, 11) is 0. The van der Waals surface area contributed by atoms with Crippen LogP contribution in [0.4, 0.5) is 0 Å².